The van der Waals surface area contributed by atoms with Crippen molar-refractivity contribution in [3.63, 3.8) is 0 Å². The van der Waals surface area contributed by atoms with Gasteiger partial charge in [0.2, 0.25) is 0 Å². The van der Waals surface area contributed by atoms with Crippen LogP contribution in [-0.4, -0.2) is 12.1 Å². The zero-order chi connectivity index (χ0) is 10.5. The van der Waals surface area contributed by atoms with E-state index in [1.807, 2.05) is 18.3 Å². The van der Waals surface area contributed by atoms with Gasteiger partial charge in [-0.25, -0.2) is 0 Å². The van der Waals surface area contributed by atoms with Crippen LogP contribution in [0.25, 0.3) is 11.1 Å². The molecule has 0 amide bonds. The van der Waals surface area contributed by atoms with Gasteiger partial charge in [-0.15, -0.1) is 0 Å². The number of benzene rings is 1. The lowest BCUT2D eigenvalue weighted by molar-refractivity contribution is 0.185. The van der Waals surface area contributed by atoms with Gasteiger partial charge in [-0.2, -0.15) is 0 Å². The molecule has 0 fully saturated rings. The molecule has 0 saturated carbocycles. The smallest absolute Gasteiger partial charge is 0.0713 e. The van der Waals surface area contributed by atoms with Crippen molar-refractivity contribution in [2.24, 2.45) is 0 Å². The Morgan fingerprint density at radius 1 is 1.13 bits per heavy atom. The summed E-state index contributed by atoms with van der Waals surface area (Å²) in [6.45, 7) is 0.647. The maximum atomic E-state index is 5.10. The number of ether oxygens (including phenoxy) is 1. The van der Waals surface area contributed by atoms with Crippen LogP contribution in [0.3, 0.4) is 0 Å². The summed E-state index contributed by atoms with van der Waals surface area (Å²) in [6, 6.07) is 12.3. The van der Waals surface area contributed by atoms with E-state index in [-0.39, 0.29) is 0 Å². The third kappa shape index (κ3) is 2.42. The van der Waals surface area contributed by atoms with Gasteiger partial charge in [-0.1, -0.05) is 24.3 Å². The molecule has 2 nitrogen and oxygen atoms in total. The molecule has 0 saturated heterocycles. The normalized spacial score (nSPS) is 10.2. The molecule has 0 aliphatic rings. The van der Waals surface area contributed by atoms with Gasteiger partial charge in [0.15, 0.2) is 0 Å². The summed E-state index contributed by atoms with van der Waals surface area (Å²) in [5.41, 5.74) is 3.49. The van der Waals surface area contributed by atoms with Crippen LogP contribution in [0.2, 0.25) is 0 Å². The lowest BCUT2D eigenvalue weighted by Crippen LogP contribution is -1.88. The summed E-state index contributed by atoms with van der Waals surface area (Å²) in [7, 11) is 1.71. The molecule has 0 aliphatic heterocycles. The number of pyridine rings is 1. The molecule has 0 spiro atoms. The first-order valence-corrected chi connectivity index (χ1v) is 4.88. The van der Waals surface area contributed by atoms with Gasteiger partial charge in [0.05, 0.1) is 6.61 Å². The fourth-order valence-corrected chi connectivity index (χ4v) is 1.54. The Balaban J connectivity index is 2.33. The summed E-state index contributed by atoms with van der Waals surface area (Å²) in [5, 5.41) is 0. The zero-order valence-electron chi connectivity index (χ0n) is 8.68. The second-order valence-electron chi connectivity index (χ2n) is 3.38. The van der Waals surface area contributed by atoms with E-state index in [1.54, 1.807) is 13.3 Å². The van der Waals surface area contributed by atoms with Gasteiger partial charge in [0.1, 0.15) is 0 Å². The van der Waals surface area contributed by atoms with Crippen LogP contribution in [0.4, 0.5) is 0 Å². The molecule has 15 heavy (non-hydrogen) atoms. The van der Waals surface area contributed by atoms with Crippen LogP contribution in [0.15, 0.2) is 48.8 Å². The molecule has 2 heteroatoms. The van der Waals surface area contributed by atoms with Crippen molar-refractivity contribution in [2.45, 2.75) is 6.61 Å². The van der Waals surface area contributed by atoms with E-state index in [0.29, 0.717) is 6.61 Å². The van der Waals surface area contributed by atoms with Crippen molar-refractivity contribution < 1.29 is 4.74 Å². The van der Waals surface area contributed by atoms with Gasteiger partial charge in [0.25, 0.3) is 0 Å². The molecule has 0 atom stereocenters. The Morgan fingerprint density at radius 3 is 2.73 bits per heavy atom. The molecular weight excluding hydrogens is 186 g/mol. The highest BCUT2D eigenvalue weighted by atomic mass is 16.5. The quantitative estimate of drug-likeness (QED) is 0.758. The summed E-state index contributed by atoms with van der Waals surface area (Å²) in [6.07, 6.45) is 3.65. The lowest BCUT2D eigenvalue weighted by Gasteiger charge is -2.04. The molecule has 1 aromatic carbocycles. The summed E-state index contributed by atoms with van der Waals surface area (Å²) in [5.74, 6) is 0. The number of nitrogens with zero attached hydrogens (tertiary/aromatic N) is 1. The van der Waals surface area contributed by atoms with Crippen LogP contribution >= 0.6 is 0 Å². The first kappa shape index (κ1) is 9.87. The predicted octanol–water partition coefficient (Wildman–Crippen LogP) is 2.90. The standard InChI is InChI=1S/C13H13NO/c1-15-10-11-4-2-5-12(8-11)13-6-3-7-14-9-13/h2-9H,10H2,1H3. The molecule has 76 valence electrons. The Hall–Kier alpha value is -1.67. The number of hydrogen-bond acceptors (Lipinski definition) is 2. The van der Waals surface area contributed by atoms with Crippen LogP contribution in [0.1, 0.15) is 5.56 Å². The fourth-order valence-electron chi connectivity index (χ4n) is 1.54. The minimum absolute atomic E-state index is 0.647. The van der Waals surface area contributed by atoms with E-state index in [4.69, 9.17) is 4.74 Å². The molecule has 0 unspecified atom stereocenters. The van der Waals surface area contributed by atoms with Crippen molar-refractivity contribution in [1.29, 1.82) is 0 Å². The lowest BCUT2D eigenvalue weighted by atomic mass is 10.1. The van der Waals surface area contributed by atoms with E-state index in [2.05, 4.69) is 29.2 Å². The maximum Gasteiger partial charge on any atom is 0.0713 e. The van der Waals surface area contributed by atoms with E-state index in [1.165, 1.54) is 11.1 Å². The molecule has 2 aromatic rings. The minimum atomic E-state index is 0.647. The van der Waals surface area contributed by atoms with Gasteiger partial charge in [-0.05, 0) is 28.8 Å². The topological polar surface area (TPSA) is 22.1 Å². The average Bonchev–Trinajstić information content (AvgIpc) is 2.31. The molecule has 0 aliphatic carbocycles. The van der Waals surface area contributed by atoms with E-state index in [9.17, 15) is 0 Å². The second-order valence-corrected chi connectivity index (χ2v) is 3.38. The Labute approximate surface area is 89.6 Å². The van der Waals surface area contributed by atoms with E-state index in [0.717, 1.165) is 5.56 Å². The Kier molecular flexibility index (Phi) is 3.10. The largest absolute Gasteiger partial charge is 0.380 e. The third-order valence-corrected chi connectivity index (χ3v) is 2.23. The van der Waals surface area contributed by atoms with Crippen molar-refractivity contribution in [1.82, 2.24) is 4.98 Å². The van der Waals surface area contributed by atoms with Crippen molar-refractivity contribution in [3.8, 4) is 11.1 Å². The summed E-state index contributed by atoms with van der Waals surface area (Å²) in [4.78, 5) is 4.11. The highest BCUT2D eigenvalue weighted by Gasteiger charge is 1.98. The predicted molar refractivity (Wildman–Crippen MR) is 60.4 cm³/mol. The molecule has 1 heterocycles. The average molecular weight is 199 g/mol. The second kappa shape index (κ2) is 4.71. The molecule has 0 bridgehead atoms. The Morgan fingerprint density at radius 2 is 2.00 bits per heavy atom. The number of hydrogen-bond donors (Lipinski definition) is 0. The minimum Gasteiger partial charge on any atom is -0.380 e. The van der Waals surface area contributed by atoms with Gasteiger partial charge in [0, 0.05) is 19.5 Å². The fraction of sp³-hybridized carbons (Fsp3) is 0.154. The number of aromatic nitrogens is 1. The van der Waals surface area contributed by atoms with Crippen molar-refractivity contribution >= 4 is 0 Å². The molecule has 0 N–H and O–H groups in total. The number of methoxy groups -OCH3 is 1. The molecule has 0 radical (unpaired) electrons. The van der Waals surface area contributed by atoms with Gasteiger partial charge in [-0.3, -0.25) is 4.98 Å². The third-order valence-electron chi connectivity index (χ3n) is 2.23. The van der Waals surface area contributed by atoms with Gasteiger partial charge < -0.3 is 4.74 Å². The first-order chi connectivity index (χ1) is 7.40. The molecular formula is C13H13NO. The van der Waals surface area contributed by atoms with Crippen LogP contribution < -0.4 is 0 Å². The summed E-state index contributed by atoms with van der Waals surface area (Å²) >= 11 is 0. The van der Waals surface area contributed by atoms with Crippen molar-refractivity contribution in [3.05, 3.63) is 54.4 Å². The Bertz CT molecular complexity index is 426. The highest BCUT2D eigenvalue weighted by molar-refractivity contribution is 5.62. The van der Waals surface area contributed by atoms with E-state index < -0.39 is 0 Å². The van der Waals surface area contributed by atoms with E-state index >= 15 is 0 Å². The molecule has 1 aromatic heterocycles. The SMILES string of the molecule is COCc1cccc(-c2cccnc2)c1. The van der Waals surface area contributed by atoms with Crippen LogP contribution in [0.5, 0.6) is 0 Å². The highest BCUT2D eigenvalue weighted by Crippen LogP contribution is 2.19. The maximum absolute atomic E-state index is 5.10. The summed E-state index contributed by atoms with van der Waals surface area (Å²) < 4.78 is 5.10. The number of rotatable bonds is 3. The van der Waals surface area contributed by atoms with Crippen LogP contribution in [0, 0.1) is 0 Å². The van der Waals surface area contributed by atoms with Crippen molar-refractivity contribution in [2.75, 3.05) is 7.11 Å². The molecule has 2 rings (SSSR count). The van der Waals surface area contributed by atoms with Crippen LogP contribution in [-0.2, 0) is 11.3 Å². The van der Waals surface area contributed by atoms with Gasteiger partial charge >= 0.3 is 0 Å². The zero-order valence-corrected chi connectivity index (χ0v) is 8.68. The first-order valence-electron chi connectivity index (χ1n) is 4.88. The monoisotopic (exact) mass is 199 g/mol.